The number of Topliss-reactive ketones (excluding diaryl/α,β-unsaturated/α-hetero) is 1. The summed E-state index contributed by atoms with van der Waals surface area (Å²) in [6, 6.07) is 0.987. The SMILES string of the molecule is CC[Si](CC)(CC)O[C@H]1C[C@H]2OC[C@@]2(OC(C)=O)C2[C@H](OC(=O)C=C(C)C)[C@]3(O)C[C@H](OC(=O)[C@H](O[Si](C(C)C)(C(C)C)C(C)C)[C@H](C=C(C)C)NC(=O)OC(C)(C)C)C(C)=C([C@@H](OC(C)=O)C(=O)[C@@]21C)C3(C)C. The van der Waals surface area contributed by atoms with Crippen LogP contribution in [-0.4, -0.2) is 124 Å². The fourth-order valence-corrected chi connectivity index (χ4v) is 21.7. The standard InChI is InChI=1S/C56H93NO15Si2/c1-23-73(24-2,25-3)71-41-28-42-55(30-65-42,69-38(16)59)47-49(68-43(60)27-32(6)7)56(64)29-40(36(14)44(53(56,20)21)46(66-37(15)58)48(61)54(41,47)22)67-50(62)45(72-74(33(8)9,34(10)11)35(12)13)39(26-31(4)5)57-51(63)70-52(17,18)19/h26-27,33-35,39-42,45-47,49,64H,23-25,28-30H2,1-22H3,(H,57,63)/t39-,40-,41-,42+,45+,46+,47?,49-,54+,55-,56+/m0/s1. The smallest absolute Gasteiger partial charge is 0.408 e. The molecule has 3 fully saturated rings. The van der Waals surface area contributed by atoms with E-state index < -0.39 is 135 Å². The molecule has 4 aliphatic rings. The molecule has 16 nitrogen and oxygen atoms in total. The average molecular weight is 1080 g/mol. The molecule has 1 heterocycles. The predicted octanol–water partition coefficient (Wildman–Crippen LogP) is 10.3. The molecule has 1 aliphatic heterocycles. The van der Waals surface area contributed by atoms with Crippen molar-refractivity contribution in [3.63, 3.8) is 0 Å². The lowest BCUT2D eigenvalue weighted by Crippen LogP contribution is -2.82. The molecule has 4 rings (SSSR count). The number of carbonyl (C=O) groups excluding carboxylic acids is 6. The maximum atomic E-state index is 16.5. The third kappa shape index (κ3) is 11.9. The Hall–Kier alpha value is -3.69. The first-order valence-corrected chi connectivity index (χ1v) is 31.6. The summed E-state index contributed by atoms with van der Waals surface area (Å²) >= 11 is 0. The van der Waals surface area contributed by atoms with E-state index in [0.29, 0.717) is 29.3 Å². The first kappa shape index (κ1) is 62.9. The molecule has 1 unspecified atom stereocenters. The van der Waals surface area contributed by atoms with Crippen molar-refractivity contribution >= 4 is 52.4 Å². The van der Waals surface area contributed by atoms with Crippen LogP contribution in [0.5, 0.6) is 0 Å². The summed E-state index contributed by atoms with van der Waals surface area (Å²) in [4.78, 5) is 87.4. The molecule has 1 saturated heterocycles. The van der Waals surface area contributed by atoms with E-state index in [2.05, 4.69) is 67.6 Å². The van der Waals surface area contributed by atoms with Crippen LogP contribution in [0.2, 0.25) is 34.8 Å². The minimum atomic E-state index is -3.01. The van der Waals surface area contributed by atoms with Crippen LogP contribution in [0.4, 0.5) is 4.79 Å². The molecular weight excluding hydrogens is 983 g/mol. The van der Waals surface area contributed by atoms with E-state index in [4.69, 9.17) is 37.3 Å². The number of carbonyl (C=O) groups is 6. The van der Waals surface area contributed by atoms with E-state index in [1.807, 2.05) is 13.8 Å². The minimum Gasteiger partial charge on any atom is -0.456 e. The summed E-state index contributed by atoms with van der Waals surface area (Å²) in [6.07, 6.45) is -6.21. The summed E-state index contributed by atoms with van der Waals surface area (Å²) in [7, 11) is -5.64. The number of ether oxygens (including phenoxy) is 6. The fraction of sp³-hybridized carbons (Fsp3) is 0.786. The van der Waals surface area contributed by atoms with Crippen LogP contribution in [0.3, 0.4) is 0 Å². The van der Waals surface area contributed by atoms with Crippen molar-refractivity contribution in [1.82, 2.24) is 5.32 Å². The second kappa shape index (κ2) is 23.1. The Morgan fingerprint density at radius 2 is 1.39 bits per heavy atom. The lowest BCUT2D eigenvalue weighted by Gasteiger charge is -2.68. The highest BCUT2D eigenvalue weighted by molar-refractivity contribution is 6.77. The average Bonchev–Trinajstić information content (AvgIpc) is 3.24. The Labute approximate surface area is 444 Å². The number of rotatable bonds is 19. The Balaban J connectivity index is 2.19. The number of alkyl carbamates (subject to hydrolysis) is 1. The van der Waals surface area contributed by atoms with E-state index in [9.17, 15) is 24.3 Å². The number of fused-ring (bicyclic) bond motifs is 5. The molecule has 2 saturated carbocycles. The lowest BCUT2D eigenvalue weighted by atomic mass is 9.44. The molecule has 2 N–H and O–H groups in total. The van der Waals surface area contributed by atoms with Gasteiger partial charge in [0.2, 0.25) is 8.32 Å². The van der Waals surface area contributed by atoms with Crippen LogP contribution >= 0.6 is 0 Å². The molecule has 18 heteroatoms. The van der Waals surface area contributed by atoms with E-state index in [-0.39, 0.29) is 35.2 Å². The summed E-state index contributed by atoms with van der Waals surface area (Å²) in [5.41, 5.74) is -6.54. The van der Waals surface area contributed by atoms with Crippen LogP contribution in [0.15, 0.2) is 34.4 Å². The highest BCUT2D eigenvalue weighted by atomic mass is 28.4. The Bertz CT molecular complexity index is 2180. The maximum Gasteiger partial charge on any atom is 0.408 e. The largest absolute Gasteiger partial charge is 0.456 e. The van der Waals surface area contributed by atoms with E-state index in [0.717, 1.165) is 5.57 Å². The first-order chi connectivity index (χ1) is 33.9. The number of ketones is 1. The van der Waals surface area contributed by atoms with Gasteiger partial charge in [-0.05, 0) is 108 Å². The van der Waals surface area contributed by atoms with Crippen molar-refractivity contribution in [3.05, 3.63) is 34.4 Å². The number of allylic oxidation sites excluding steroid dienone is 2. The molecule has 0 aromatic heterocycles. The van der Waals surface area contributed by atoms with Crippen molar-refractivity contribution in [1.29, 1.82) is 0 Å². The predicted molar refractivity (Wildman–Crippen MR) is 287 cm³/mol. The van der Waals surface area contributed by atoms with Gasteiger partial charge in [-0.1, -0.05) is 93.4 Å². The highest BCUT2D eigenvalue weighted by Crippen LogP contribution is 2.65. The Morgan fingerprint density at radius 1 is 0.838 bits per heavy atom. The molecule has 3 aliphatic carbocycles. The Kier molecular flexibility index (Phi) is 19.6. The summed E-state index contributed by atoms with van der Waals surface area (Å²) < 4.78 is 52.7. The molecular formula is C56H93NO15Si2. The molecule has 74 heavy (non-hydrogen) atoms. The molecule has 1 amide bonds. The monoisotopic (exact) mass is 1080 g/mol. The minimum absolute atomic E-state index is 0.0219. The van der Waals surface area contributed by atoms with Gasteiger partial charge in [-0.15, -0.1) is 0 Å². The van der Waals surface area contributed by atoms with Crippen molar-refractivity contribution in [3.8, 4) is 0 Å². The van der Waals surface area contributed by atoms with Gasteiger partial charge in [0.1, 0.15) is 29.5 Å². The van der Waals surface area contributed by atoms with Crippen LogP contribution < -0.4 is 5.32 Å². The van der Waals surface area contributed by atoms with Gasteiger partial charge >= 0.3 is 30.0 Å². The lowest BCUT2D eigenvalue weighted by molar-refractivity contribution is -0.345. The quantitative estimate of drug-likeness (QED) is 0.0405. The summed E-state index contributed by atoms with van der Waals surface area (Å²) in [5.74, 6) is -5.24. The molecule has 11 atom stereocenters. The third-order valence-corrected chi connectivity index (χ3v) is 27.7. The molecule has 0 radical (unpaired) electrons. The summed E-state index contributed by atoms with van der Waals surface area (Å²) in [5, 5.41) is 17.2. The van der Waals surface area contributed by atoms with Crippen molar-refractivity contribution < 1.29 is 71.1 Å². The molecule has 2 bridgehead atoms. The maximum absolute atomic E-state index is 16.5. The van der Waals surface area contributed by atoms with Gasteiger partial charge < -0.3 is 47.7 Å². The van der Waals surface area contributed by atoms with Crippen LogP contribution in [0, 0.1) is 16.7 Å². The van der Waals surface area contributed by atoms with E-state index in [1.54, 1.807) is 68.4 Å². The van der Waals surface area contributed by atoms with Crippen LogP contribution in [0.1, 0.15) is 165 Å². The number of hydrogen-bond donors (Lipinski definition) is 2. The molecule has 0 aromatic rings. The van der Waals surface area contributed by atoms with Gasteiger partial charge in [0, 0.05) is 38.2 Å². The fourth-order valence-electron chi connectivity index (χ4n) is 13.2. The van der Waals surface area contributed by atoms with Gasteiger partial charge in [-0.3, -0.25) is 14.4 Å². The summed E-state index contributed by atoms with van der Waals surface area (Å²) in [6.45, 7) is 39.8. The zero-order valence-electron chi connectivity index (χ0n) is 48.9. The van der Waals surface area contributed by atoms with Crippen molar-refractivity contribution in [2.75, 3.05) is 6.61 Å². The first-order valence-electron chi connectivity index (χ1n) is 26.9. The zero-order chi connectivity index (χ0) is 56.6. The van der Waals surface area contributed by atoms with Gasteiger partial charge in [0.05, 0.1) is 30.1 Å². The second-order valence-corrected chi connectivity index (χ2v) is 34.8. The highest BCUT2D eigenvalue weighted by Gasteiger charge is 2.79. The van der Waals surface area contributed by atoms with Crippen LogP contribution in [-0.2, 0) is 61.2 Å². The third-order valence-electron chi connectivity index (χ3n) is 16.9. The molecule has 0 spiro atoms. The number of hydrogen-bond acceptors (Lipinski definition) is 15. The van der Waals surface area contributed by atoms with Crippen LogP contribution in [0.25, 0.3) is 0 Å². The Morgan fingerprint density at radius 3 is 1.82 bits per heavy atom. The van der Waals surface area contributed by atoms with Crippen molar-refractivity contribution in [2.24, 2.45) is 16.7 Å². The second-order valence-electron chi connectivity index (χ2n) is 24.7. The number of esters is 4. The van der Waals surface area contributed by atoms with Gasteiger partial charge in [0.25, 0.3) is 0 Å². The van der Waals surface area contributed by atoms with Gasteiger partial charge in [-0.25, -0.2) is 14.4 Å². The zero-order valence-corrected chi connectivity index (χ0v) is 50.9. The van der Waals surface area contributed by atoms with E-state index in [1.165, 1.54) is 19.9 Å². The molecule has 420 valence electrons. The van der Waals surface area contributed by atoms with E-state index >= 15 is 9.59 Å². The number of nitrogens with one attached hydrogen (secondary N) is 1. The van der Waals surface area contributed by atoms with Gasteiger partial charge in [-0.2, -0.15) is 0 Å². The number of aliphatic hydroxyl groups is 1. The molecule has 0 aromatic carbocycles. The topological polar surface area (TPSA) is 209 Å². The van der Waals surface area contributed by atoms with Gasteiger partial charge in [0.15, 0.2) is 31.9 Å². The number of amides is 1. The van der Waals surface area contributed by atoms with Crippen molar-refractivity contribution in [2.45, 2.75) is 259 Å². The normalized spacial score (nSPS) is 29.6.